The fourth-order valence-electron chi connectivity index (χ4n) is 2.49. The Balaban J connectivity index is 1.93. The van der Waals surface area contributed by atoms with E-state index in [1.54, 1.807) is 18.2 Å². The quantitative estimate of drug-likeness (QED) is 0.473. The minimum Gasteiger partial charge on any atom is -0.324 e. The summed E-state index contributed by atoms with van der Waals surface area (Å²) in [6.07, 6.45) is 2.66. The third-order valence-corrected chi connectivity index (χ3v) is 5.93. The number of thioether (sulfide) groups is 1. The lowest BCUT2D eigenvalue weighted by Crippen LogP contribution is -2.29. The molecule has 0 saturated heterocycles. The first-order valence-corrected chi connectivity index (χ1v) is 10.5. The van der Waals surface area contributed by atoms with Crippen LogP contribution in [0.5, 0.6) is 0 Å². The van der Waals surface area contributed by atoms with E-state index in [-0.39, 0.29) is 18.0 Å². The van der Waals surface area contributed by atoms with E-state index in [0.717, 1.165) is 11.3 Å². The number of nitrogens with zero attached hydrogens (tertiary/aromatic N) is 2. The molecule has 1 amide bonds. The van der Waals surface area contributed by atoms with Crippen molar-refractivity contribution < 1.29 is 4.79 Å². The second-order valence-electron chi connectivity index (χ2n) is 5.48. The molecule has 0 saturated carbocycles. The Morgan fingerprint density at radius 2 is 1.96 bits per heavy atom. The van der Waals surface area contributed by atoms with Gasteiger partial charge in [-0.05, 0) is 36.9 Å². The van der Waals surface area contributed by atoms with E-state index >= 15 is 0 Å². The number of hydrogen-bond acceptors (Lipinski definition) is 5. The Morgan fingerprint density at radius 3 is 2.58 bits per heavy atom. The van der Waals surface area contributed by atoms with E-state index in [9.17, 15) is 9.59 Å². The van der Waals surface area contributed by atoms with Crippen LogP contribution < -0.4 is 10.9 Å². The summed E-state index contributed by atoms with van der Waals surface area (Å²) in [7, 11) is 0. The van der Waals surface area contributed by atoms with Gasteiger partial charge in [0.15, 0.2) is 5.16 Å². The lowest BCUT2D eigenvalue weighted by atomic mass is 10.3. The Labute approximate surface area is 168 Å². The van der Waals surface area contributed by atoms with E-state index in [4.69, 9.17) is 23.2 Å². The van der Waals surface area contributed by atoms with Gasteiger partial charge in [0.1, 0.15) is 11.4 Å². The molecule has 1 N–H and O–H groups in total. The molecule has 0 fully saturated rings. The van der Waals surface area contributed by atoms with Crippen LogP contribution in [0.4, 0.5) is 5.69 Å². The highest BCUT2D eigenvalue weighted by Gasteiger charge is 2.16. The number of carbonyl (C=O) groups is 1. The molecule has 0 spiro atoms. The molecular weight excluding hydrogens is 413 g/mol. The first kappa shape index (κ1) is 19.2. The Hall–Kier alpha value is -1.54. The van der Waals surface area contributed by atoms with E-state index < -0.39 is 0 Å². The molecule has 136 valence electrons. The second-order valence-corrected chi connectivity index (χ2v) is 8.24. The molecule has 0 aliphatic rings. The van der Waals surface area contributed by atoms with Crippen LogP contribution in [-0.4, -0.2) is 21.7 Å². The summed E-state index contributed by atoms with van der Waals surface area (Å²) in [5, 5.41) is 4.60. The van der Waals surface area contributed by atoms with Crippen molar-refractivity contribution in [3.05, 3.63) is 49.5 Å². The zero-order chi connectivity index (χ0) is 18.8. The van der Waals surface area contributed by atoms with Crippen LogP contribution in [0.3, 0.4) is 0 Å². The van der Waals surface area contributed by atoms with Crippen molar-refractivity contribution in [2.75, 3.05) is 11.6 Å². The number of thiophene rings is 1. The largest absolute Gasteiger partial charge is 0.324 e. The molecule has 5 nitrogen and oxygen atoms in total. The number of nitrogens with one attached hydrogen (secondary N) is 1. The number of amides is 1. The number of carbonyl (C=O) groups excluding carboxylic acids is 1. The van der Waals surface area contributed by atoms with Crippen molar-refractivity contribution in [3.8, 4) is 0 Å². The van der Waals surface area contributed by atoms with Crippen LogP contribution in [0.2, 0.25) is 10.0 Å². The number of benzene rings is 1. The van der Waals surface area contributed by atoms with Gasteiger partial charge in [0.2, 0.25) is 5.91 Å². The van der Waals surface area contributed by atoms with Gasteiger partial charge in [-0.1, -0.05) is 41.9 Å². The highest BCUT2D eigenvalue weighted by molar-refractivity contribution is 7.98. The average molecular weight is 428 g/mol. The molecule has 3 aromatic rings. The van der Waals surface area contributed by atoms with Crippen LogP contribution in [0.15, 0.2) is 34.2 Å². The summed E-state index contributed by atoms with van der Waals surface area (Å²) in [4.78, 5) is 31.6. The van der Waals surface area contributed by atoms with Crippen LogP contribution in [0, 0.1) is 0 Å². The lowest BCUT2D eigenvalue weighted by Gasteiger charge is -2.11. The van der Waals surface area contributed by atoms with Crippen molar-refractivity contribution >= 4 is 68.1 Å². The maximum atomic E-state index is 12.8. The second kappa shape index (κ2) is 8.00. The molecule has 2 heterocycles. The number of hydrogen-bond donors (Lipinski definition) is 1. The molecular formula is C17H15Cl2N3O2S2. The van der Waals surface area contributed by atoms with Crippen molar-refractivity contribution in [3.63, 3.8) is 0 Å². The molecule has 0 radical (unpaired) electrons. The molecule has 0 atom stereocenters. The molecule has 0 aliphatic heterocycles. The summed E-state index contributed by atoms with van der Waals surface area (Å²) < 4.78 is 1.39. The van der Waals surface area contributed by atoms with Gasteiger partial charge in [0.05, 0.1) is 5.39 Å². The monoisotopic (exact) mass is 427 g/mol. The number of rotatable bonds is 5. The third kappa shape index (κ3) is 4.06. The van der Waals surface area contributed by atoms with Gasteiger partial charge < -0.3 is 5.32 Å². The Kier molecular flexibility index (Phi) is 5.92. The van der Waals surface area contributed by atoms with Crippen LogP contribution in [0.25, 0.3) is 10.2 Å². The van der Waals surface area contributed by atoms with E-state index in [2.05, 4.69) is 10.3 Å². The van der Waals surface area contributed by atoms with Gasteiger partial charge in [-0.3, -0.25) is 14.2 Å². The summed E-state index contributed by atoms with van der Waals surface area (Å²) in [5.74, 6) is -0.354. The number of anilines is 1. The molecule has 0 bridgehead atoms. The van der Waals surface area contributed by atoms with E-state index in [1.807, 2.05) is 19.2 Å². The molecule has 2 aromatic heterocycles. The maximum absolute atomic E-state index is 12.8. The van der Waals surface area contributed by atoms with Crippen LogP contribution in [-0.2, 0) is 17.8 Å². The predicted octanol–water partition coefficient (Wildman–Crippen LogP) is 4.69. The Morgan fingerprint density at radius 1 is 1.27 bits per heavy atom. The standard InChI is InChI=1S/C17H15Cl2N3O2S2/c1-3-12-7-13-15(26-12)21-17(25-2)22(16(13)24)8-14(23)20-11-5-9(18)4-10(19)6-11/h4-7H,3,8H2,1-2H3,(H,20,23). The zero-order valence-electron chi connectivity index (χ0n) is 14.0. The molecule has 0 aliphatic carbocycles. The average Bonchev–Trinajstić information content (AvgIpc) is 2.99. The summed E-state index contributed by atoms with van der Waals surface area (Å²) >= 11 is 14.7. The highest BCUT2D eigenvalue weighted by Crippen LogP contribution is 2.25. The first-order valence-electron chi connectivity index (χ1n) is 7.74. The molecule has 26 heavy (non-hydrogen) atoms. The predicted molar refractivity (Wildman–Crippen MR) is 110 cm³/mol. The zero-order valence-corrected chi connectivity index (χ0v) is 17.2. The van der Waals surface area contributed by atoms with Crippen molar-refractivity contribution in [2.24, 2.45) is 0 Å². The van der Waals surface area contributed by atoms with Gasteiger partial charge in [-0.25, -0.2) is 4.98 Å². The smallest absolute Gasteiger partial charge is 0.263 e. The summed E-state index contributed by atoms with van der Waals surface area (Å²) in [6, 6.07) is 6.62. The van der Waals surface area contributed by atoms with Gasteiger partial charge in [0.25, 0.3) is 5.56 Å². The van der Waals surface area contributed by atoms with Crippen LogP contribution >= 0.6 is 46.3 Å². The number of halogens is 2. The van der Waals surface area contributed by atoms with Crippen molar-refractivity contribution in [2.45, 2.75) is 25.0 Å². The van der Waals surface area contributed by atoms with Gasteiger partial charge >= 0.3 is 0 Å². The van der Waals surface area contributed by atoms with E-state index in [1.165, 1.54) is 27.7 Å². The minimum absolute atomic E-state index is 0.139. The number of aryl methyl sites for hydroxylation is 1. The molecule has 3 rings (SSSR count). The fourth-order valence-corrected chi connectivity index (χ4v) is 4.58. The van der Waals surface area contributed by atoms with Crippen molar-refractivity contribution in [1.29, 1.82) is 0 Å². The fraction of sp³-hybridized carbons (Fsp3) is 0.235. The van der Waals surface area contributed by atoms with Gasteiger partial charge in [0, 0.05) is 20.6 Å². The normalized spacial score (nSPS) is 11.1. The maximum Gasteiger partial charge on any atom is 0.263 e. The van der Waals surface area contributed by atoms with E-state index in [0.29, 0.717) is 31.1 Å². The first-order chi connectivity index (χ1) is 12.4. The molecule has 9 heteroatoms. The SMILES string of the molecule is CCc1cc2c(=O)n(CC(=O)Nc3cc(Cl)cc(Cl)c3)c(SC)nc2s1. The van der Waals surface area contributed by atoms with Gasteiger partial charge in [-0.15, -0.1) is 11.3 Å². The highest BCUT2D eigenvalue weighted by atomic mass is 35.5. The lowest BCUT2D eigenvalue weighted by molar-refractivity contribution is -0.116. The molecule has 0 unspecified atom stereocenters. The van der Waals surface area contributed by atoms with Crippen LogP contribution in [0.1, 0.15) is 11.8 Å². The van der Waals surface area contributed by atoms with Gasteiger partial charge in [-0.2, -0.15) is 0 Å². The van der Waals surface area contributed by atoms with Crippen molar-refractivity contribution in [1.82, 2.24) is 9.55 Å². The third-order valence-electron chi connectivity index (χ3n) is 3.65. The Bertz CT molecular complexity index is 1030. The summed E-state index contributed by atoms with van der Waals surface area (Å²) in [5.41, 5.74) is 0.263. The number of fused-ring (bicyclic) bond motifs is 1. The number of aromatic nitrogens is 2. The molecule has 1 aromatic carbocycles. The summed E-state index contributed by atoms with van der Waals surface area (Å²) in [6.45, 7) is 1.89. The minimum atomic E-state index is -0.354. The topological polar surface area (TPSA) is 64.0 Å².